The number of nitrogens with one attached hydrogen (secondary N) is 1. The number of benzene rings is 1. The Morgan fingerprint density at radius 1 is 1.21 bits per heavy atom. The van der Waals surface area contributed by atoms with Crippen molar-refractivity contribution in [3.8, 4) is 10.4 Å². The van der Waals surface area contributed by atoms with Gasteiger partial charge in [0.1, 0.15) is 11.4 Å². The minimum absolute atomic E-state index is 0.337. The van der Waals surface area contributed by atoms with Gasteiger partial charge in [0, 0.05) is 11.8 Å². The van der Waals surface area contributed by atoms with E-state index in [9.17, 15) is 9.18 Å². The molecule has 0 bridgehead atoms. The van der Waals surface area contributed by atoms with Gasteiger partial charge >= 0.3 is 13.2 Å². The van der Waals surface area contributed by atoms with Crippen molar-refractivity contribution in [2.75, 3.05) is 5.32 Å². The van der Waals surface area contributed by atoms with Gasteiger partial charge in [-0.3, -0.25) is 5.32 Å². The number of amides is 1. The van der Waals surface area contributed by atoms with Crippen LogP contribution in [-0.4, -0.2) is 35.0 Å². The maximum atomic E-state index is 14.8. The molecule has 9 heteroatoms. The van der Waals surface area contributed by atoms with E-state index in [0.717, 1.165) is 0 Å². The number of thiazole rings is 1. The summed E-state index contributed by atoms with van der Waals surface area (Å²) in [5.74, 6) is -0.412. The molecular weight excluding hydrogens is 394 g/mol. The largest absolute Gasteiger partial charge is 0.494 e. The van der Waals surface area contributed by atoms with Gasteiger partial charge < -0.3 is 14.0 Å². The summed E-state index contributed by atoms with van der Waals surface area (Å²) in [6, 6.07) is 4.86. The molecule has 1 aromatic carbocycles. The van der Waals surface area contributed by atoms with Gasteiger partial charge in [0.15, 0.2) is 5.13 Å². The van der Waals surface area contributed by atoms with Gasteiger partial charge in [-0.25, -0.2) is 14.2 Å². The molecule has 29 heavy (non-hydrogen) atoms. The topological polar surface area (TPSA) is 69.7 Å². The van der Waals surface area contributed by atoms with Crippen LogP contribution in [0.2, 0.25) is 0 Å². The minimum Gasteiger partial charge on any atom is -0.444 e. The van der Waals surface area contributed by atoms with Gasteiger partial charge in [-0.2, -0.15) is 0 Å². The molecule has 0 aliphatic carbocycles. The Bertz CT molecular complexity index is 907. The quantitative estimate of drug-likeness (QED) is 0.736. The first-order valence-corrected chi connectivity index (χ1v) is 10.2. The molecule has 2 heterocycles. The summed E-state index contributed by atoms with van der Waals surface area (Å²) in [6.07, 6.45) is 0.916. The molecule has 1 amide bonds. The fraction of sp³-hybridized carbons (Fsp3) is 0.500. The molecule has 1 aliphatic rings. The third-order valence-electron chi connectivity index (χ3n) is 4.90. The van der Waals surface area contributed by atoms with Crippen molar-refractivity contribution in [1.29, 1.82) is 0 Å². The first kappa shape index (κ1) is 21.7. The lowest BCUT2D eigenvalue weighted by molar-refractivity contribution is 0.00578. The standard InChI is InChI=1S/C20H26BFN2O4S/c1-18(2,3)26-17(25)24-16-23-11-15(29-16)13-9-8-12(10-14(13)22)21-27-19(4,5)20(6,7)28-21/h8-11H,1-7H3,(H,23,24,25). The van der Waals surface area contributed by atoms with Crippen molar-refractivity contribution >= 4 is 35.1 Å². The van der Waals surface area contributed by atoms with Crippen LogP contribution in [0.4, 0.5) is 14.3 Å². The molecular formula is C20H26BFN2O4S. The van der Waals surface area contributed by atoms with Crippen LogP contribution < -0.4 is 10.8 Å². The molecule has 2 aromatic rings. The second-order valence-corrected chi connectivity index (χ2v) is 10.0. The van der Waals surface area contributed by atoms with E-state index in [-0.39, 0.29) is 0 Å². The molecule has 156 valence electrons. The van der Waals surface area contributed by atoms with E-state index >= 15 is 0 Å². The molecule has 1 fully saturated rings. The lowest BCUT2D eigenvalue weighted by Crippen LogP contribution is -2.41. The van der Waals surface area contributed by atoms with Crippen molar-refractivity contribution in [3.63, 3.8) is 0 Å². The molecule has 0 unspecified atom stereocenters. The van der Waals surface area contributed by atoms with E-state index in [2.05, 4.69) is 10.3 Å². The third-order valence-corrected chi connectivity index (χ3v) is 5.84. The number of hydrogen-bond acceptors (Lipinski definition) is 6. The molecule has 0 radical (unpaired) electrons. The molecule has 1 N–H and O–H groups in total. The molecule has 1 saturated heterocycles. The first-order chi connectivity index (χ1) is 13.3. The van der Waals surface area contributed by atoms with E-state index in [1.165, 1.54) is 23.6 Å². The molecule has 0 saturated carbocycles. The lowest BCUT2D eigenvalue weighted by Gasteiger charge is -2.32. The molecule has 0 spiro atoms. The van der Waals surface area contributed by atoms with Crippen molar-refractivity contribution in [1.82, 2.24) is 4.98 Å². The number of ether oxygens (including phenoxy) is 1. The first-order valence-electron chi connectivity index (χ1n) is 9.39. The maximum absolute atomic E-state index is 14.8. The van der Waals surface area contributed by atoms with E-state index in [1.807, 2.05) is 27.7 Å². The summed E-state index contributed by atoms with van der Waals surface area (Å²) in [6.45, 7) is 13.1. The smallest absolute Gasteiger partial charge is 0.444 e. The molecule has 1 aliphatic heterocycles. The number of carbonyl (C=O) groups is 1. The second-order valence-electron chi connectivity index (χ2n) is 8.98. The average molecular weight is 420 g/mol. The van der Waals surface area contributed by atoms with Gasteiger partial charge in [0.2, 0.25) is 0 Å². The van der Waals surface area contributed by atoms with Gasteiger partial charge in [0.25, 0.3) is 0 Å². The van der Waals surface area contributed by atoms with E-state index < -0.39 is 35.8 Å². The van der Waals surface area contributed by atoms with Crippen LogP contribution in [0.15, 0.2) is 24.4 Å². The Morgan fingerprint density at radius 2 is 1.83 bits per heavy atom. The summed E-state index contributed by atoms with van der Waals surface area (Å²) < 4.78 is 32.0. The Hall–Kier alpha value is -1.97. The number of nitrogens with zero attached hydrogens (tertiary/aromatic N) is 1. The van der Waals surface area contributed by atoms with Crippen LogP contribution in [0.25, 0.3) is 10.4 Å². The Labute approximate surface area is 174 Å². The Morgan fingerprint density at radius 3 is 2.38 bits per heavy atom. The highest BCUT2D eigenvalue weighted by Gasteiger charge is 2.51. The van der Waals surface area contributed by atoms with Crippen LogP contribution in [-0.2, 0) is 14.0 Å². The molecule has 1 aromatic heterocycles. The SMILES string of the molecule is CC(C)(C)OC(=O)Nc1ncc(-c2ccc(B3OC(C)(C)C(C)(C)O3)cc2F)s1. The molecule has 3 rings (SSSR count). The molecule has 0 atom stereocenters. The van der Waals surface area contributed by atoms with Crippen molar-refractivity contribution in [2.24, 2.45) is 0 Å². The van der Waals surface area contributed by atoms with E-state index in [4.69, 9.17) is 14.0 Å². The summed E-state index contributed by atoms with van der Waals surface area (Å²) in [5, 5.41) is 2.90. The summed E-state index contributed by atoms with van der Waals surface area (Å²) >= 11 is 1.17. The van der Waals surface area contributed by atoms with Crippen LogP contribution in [0, 0.1) is 5.82 Å². The van der Waals surface area contributed by atoms with Crippen molar-refractivity contribution in [3.05, 3.63) is 30.2 Å². The normalized spacial score (nSPS) is 18.0. The number of rotatable bonds is 3. The highest BCUT2D eigenvalue weighted by atomic mass is 32.1. The van der Waals surface area contributed by atoms with Crippen LogP contribution in [0.5, 0.6) is 0 Å². The van der Waals surface area contributed by atoms with Gasteiger partial charge in [0.05, 0.1) is 16.1 Å². The zero-order valence-electron chi connectivity index (χ0n) is 17.8. The number of anilines is 1. The van der Waals surface area contributed by atoms with Gasteiger partial charge in [-0.15, -0.1) is 0 Å². The molecule has 6 nitrogen and oxygen atoms in total. The third kappa shape index (κ3) is 4.79. The number of carbonyl (C=O) groups excluding carboxylic acids is 1. The number of halogens is 1. The maximum Gasteiger partial charge on any atom is 0.494 e. The number of aromatic nitrogens is 1. The number of hydrogen-bond donors (Lipinski definition) is 1. The lowest BCUT2D eigenvalue weighted by atomic mass is 9.78. The van der Waals surface area contributed by atoms with Crippen LogP contribution >= 0.6 is 11.3 Å². The fourth-order valence-corrected chi connectivity index (χ4v) is 3.53. The fourth-order valence-electron chi connectivity index (χ4n) is 2.70. The van der Waals surface area contributed by atoms with Crippen molar-refractivity contribution in [2.45, 2.75) is 65.3 Å². The highest BCUT2D eigenvalue weighted by molar-refractivity contribution is 7.19. The Balaban J connectivity index is 1.75. The summed E-state index contributed by atoms with van der Waals surface area (Å²) in [5.41, 5.74) is -0.597. The van der Waals surface area contributed by atoms with E-state index in [1.54, 1.807) is 32.9 Å². The van der Waals surface area contributed by atoms with Gasteiger partial charge in [-0.05, 0) is 60.0 Å². The Kier molecular flexibility index (Phi) is 5.53. The minimum atomic E-state index is -0.630. The van der Waals surface area contributed by atoms with Gasteiger partial charge in [-0.1, -0.05) is 23.5 Å². The van der Waals surface area contributed by atoms with Crippen LogP contribution in [0.1, 0.15) is 48.5 Å². The van der Waals surface area contributed by atoms with Crippen molar-refractivity contribution < 1.29 is 23.2 Å². The summed E-state index contributed by atoms with van der Waals surface area (Å²) in [7, 11) is -0.630. The second kappa shape index (κ2) is 7.38. The summed E-state index contributed by atoms with van der Waals surface area (Å²) in [4.78, 5) is 16.6. The zero-order chi connectivity index (χ0) is 21.6. The van der Waals surface area contributed by atoms with Crippen LogP contribution in [0.3, 0.4) is 0 Å². The monoisotopic (exact) mass is 420 g/mol. The predicted octanol–water partition coefficient (Wildman–Crippen LogP) is 4.60. The highest BCUT2D eigenvalue weighted by Crippen LogP contribution is 2.37. The van der Waals surface area contributed by atoms with E-state index in [0.29, 0.717) is 21.0 Å². The predicted molar refractivity (Wildman–Crippen MR) is 113 cm³/mol. The average Bonchev–Trinajstić information content (AvgIpc) is 3.07. The zero-order valence-corrected chi connectivity index (χ0v) is 18.6.